The van der Waals surface area contributed by atoms with Gasteiger partial charge in [0.05, 0.1) is 12.8 Å². The number of benzene rings is 1. The van der Waals surface area contributed by atoms with Gasteiger partial charge in [0.25, 0.3) is 0 Å². The standard InChI is InChI=1S/C14H22FN3O/c1-17(9-10-18-7-5-16-6-8-18)13-11-12(15)3-4-14(13)19-2/h3-4,11,16H,5-10H2,1-2H3. The molecule has 0 aromatic heterocycles. The van der Waals surface area contributed by atoms with Crippen molar-refractivity contribution in [3.63, 3.8) is 0 Å². The van der Waals surface area contributed by atoms with Gasteiger partial charge in [-0.3, -0.25) is 4.90 Å². The van der Waals surface area contributed by atoms with Crippen LogP contribution in [0.5, 0.6) is 5.75 Å². The summed E-state index contributed by atoms with van der Waals surface area (Å²) in [5, 5.41) is 3.33. The molecular weight excluding hydrogens is 245 g/mol. The monoisotopic (exact) mass is 267 g/mol. The van der Waals surface area contributed by atoms with Crippen LogP contribution < -0.4 is 15.0 Å². The van der Waals surface area contributed by atoms with Gasteiger partial charge in [0, 0.05) is 52.4 Å². The third-order valence-electron chi connectivity index (χ3n) is 3.51. The number of likely N-dealkylation sites (N-methyl/N-ethyl adjacent to an activating group) is 1. The van der Waals surface area contributed by atoms with Gasteiger partial charge < -0.3 is 15.0 Å². The molecule has 0 unspecified atom stereocenters. The Bertz CT molecular complexity index is 408. The second kappa shape index (κ2) is 6.73. The highest BCUT2D eigenvalue weighted by atomic mass is 19.1. The zero-order valence-electron chi connectivity index (χ0n) is 11.7. The number of ether oxygens (including phenoxy) is 1. The SMILES string of the molecule is COc1ccc(F)cc1N(C)CCN1CCNCC1. The first-order valence-electron chi connectivity index (χ1n) is 6.68. The maximum atomic E-state index is 13.3. The van der Waals surface area contributed by atoms with Crippen molar-refractivity contribution in [3.8, 4) is 5.75 Å². The Morgan fingerprint density at radius 1 is 1.37 bits per heavy atom. The molecule has 1 heterocycles. The Morgan fingerprint density at radius 2 is 2.11 bits per heavy atom. The number of anilines is 1. The average Bonchev–Trinajstić information content (AvgIpc) is 2.46. The molecule has 1 aliphatic rings. The van der Waals surface area contributed by atoms with Gasteiger partial charge in [-0.05, 0) is 12.1 Å². The van der Waals surface area contributed by atoms with Gasteiger partial charge in [0.2, 0.25) is 0 Å². The summed E-state index contributed by atoms with van der Waals surface area (Å²) in [6, 6.07) is 4.62. The molecule has 4 nitrogen and oxygen atoms in total. The minimum atomic E-state index is -0.232. The minimum Gasteiger partial charge on any atom is -0.495 e. The lowest BCUT2D eigenvalue weighted by atomic mass is 10.2. The lowest BCUT2D eigenvalue weighted by Gasteiger charge is -2.30. The van der Waals surface area contributed by atoms with E-state index in [0.717, 1.165) is 45.0 Å². The molecule has 0 radical (unpaired) electrons. The first-order chi connectivity index (χ1) is 9.20. The molecule has 1 aromatic rings. The predicted octanol–water partition coefficient (Wildman–Crippen LogP) is 1.18. The Labute approximate surface area is 114 Å². The van der Waals surface area contributed by atoms with E-state index in [0.29, 0.717) is 5.75 Å². The van der Waals surface area contributed by atoms with Gasteiger partial charge in [-0.25, -0.2) is 4.39 Å². The second-order valence-corrected chi connectivity index (χ2v) is 4.83. The number of piperazine rings is 1. The Morgan fingerprint density at radius 3 is 2.79 bits per heavy atom. The van der Waals surface area contributed by atoms with Crippen LogP contribution in [0.2, 0.25) is 0 Å². The largest absolute Gasteiger partial charge is 0.495 e. The number of methoxy groups -OCH3 is 1. The molecule has 1 saturated heterocycles. The average molecular weight is 267 g/mol. The quantitative estimate of drug-likeness (QED) is 0.867. The van der Waals surface area contributed by atoms with Crippen LogP contribution in [-0.2, 0) is 0 Å². The molecule has 0 aliphatic carbocycles. The molecule has 5 heteroatoms. The minimum absolute atomic E-state index is 0.232. The number of hydrogen-bond acceptors (Lipinski definition) is 4. The van der Waals surface area contributed by atoms with Crippen LogP contribution >= 0.6 is 0 Å². The van der Waals surface area contributed by atoms with Gasteiger partial charge in [-0.1, -0.05) is 0 Å². The van der Waals surface area contributed by atoms with Gasteiger partial charge in [-0.2, -0.15) is 0 Å². The summed E-state index contributed by atoms with van der Waals surface area (Å²) in [7, 11) is 3.58. The van der Waals surface area contributed by atoms with Gasteiger partial charge in [0.15, 0.2) is 0 Å². The van der Waals surface area contributed by atoms with E-state index in [4.69, 9.17) is 4.74 Å². The van der Waals surface area contributed by atoms with E-state index in [9.17, 15) is 4.39 Å². The highest BCUT2D eigenvalue weighted by molar-refractivity contribution is 5.58. The molecule has 106 valence electrons. The highest BCUT2D eigenvalue weighted by Crippen LogP contribution is 2.27. The summed E-state index contributed by atoms with van der Waals surface area (Å²) in [4.78, 5) is 4.46. The first kappa shape index (κ1) is 14.1. The maximum Gasteiger partial charge on any atom is 0.142 e. The third kappa shape index (κ3) is 3.81. The summed E-state index contributed by atoms with van der Waals surface area (Å²) in [6.45, 7) is 6.10. The Balaban J connectivity index is 1.94. The van der Waals surface area contributed by atoms with Crippen molar-refractivity contribution in [3.05, 3.63) is 24.0 Å². The Kier molecular flexibility index (Phi) is 4.99. The van der Waals surface area contributed by atoms with E-state index in [1.165, 1.54) is 12.1 Å². The summed E-state index contributed by atoms with van der Waals surface area (Å²) in [6.07, 6.45) is 0. The number of hydrogen-bond donors (Lipinski definition) is 1. The predicted molar refractivity (Wildman–Crippen MR) is 75.5 cm³/mol. The van der Waals surface area contributed by atoms with Crippen molar-refractivity contribution in [2.75, 3.05) is 58.3 Å². The van der Waals surface area contributed by atoms with Crippen LogP contribution in [0.25, 0.3) is 0 Å². The molecule has 0 amide bonds. The number of rotatable bonds is 5. The zero-order chi connectivity index (χ0) is 13.7. The molecule has 0 spiro atoms. The van der Waals surface area contributed by atoms with Crippen molar-refractivity contribution < 1.29 is 9.13 Å². The van der Waals surface area contributed by atoms with Crippen LogP contribution in [0.15, 0.2) is 18.2 Å². The van der Waals surface area contributed by atoms with Gasteiger partial charge >= 0.3 is 0 Å². The molecule has 19 heavy (non-hydrogen) atoms. The lowest BCUT2D eigenvalue weighted by molar-refractivity contribution is 0.246. The molecule has 1 fully saturated rings. The van der Waals surface area contributed by atoms with Crippen molar-refractivity contribution in [1.82, 2.24) is 10.2 Å². The molecule has 1 aromatic carbocycles. The van der Waals surface area contributed by atoms with Crippen molar-refractivity contribution in [2.45, 2.75) is 0 Å². The van der Waals surface area contributed by atoms with Crippen molar-refractivity contribution in [1.29, 1.82) is 0 Å². The van der Waals surface area contributed by atoms with Crippen LogP contribution in [-0.4, -0.2) is 58.3 Å². The smallest absolute Gasteiger partial charge is 0.142 e. The van der Waals surface area contributed by atoms with E-state index in [1.807, 2.05) is 11.9 Å². The van der Waals surface area contributed by atoms with Gasteiger partial charge in [0.1, 0.15) is 11.6 Å². The van der Waals surface area contributed by atoms with Crippen molar-refractivity contribution in [2.24, 2.45) is 0 Å². The molecule has 1 aliphatic heterocycles. The fraction of sp³-hybridized carbons (Fsp3) is 0.571. The Hall–Kier alpha value is -1.33. The second-order valence-electron chi connectivity index (χ2n) is 4.83. The van der Waals surface area contributed by atoms with Gasteiger partial charge in [-0.15, -0.1) is 0 Å². The molecular formula is C14H22FN3O. The third-order valence-corrected chi connectivity index (χ3v) is 3.51. The molecule has 0 bridgehead atoms. The summed E-state index contributed by atoms with van der Waals surface area (Å²) >= 11 is 0. The maximum absolute atomic E-state index is 13.3. The summed E-state index contributed by atoms with van der Waals surface area (Å²) in [5.74, 6) is 0.481. The van der Waals surface area contributed by atoms with E-state index < -0.39 is 0 Å². The normalized spacial score (nSPS) is 16.4. The highest BCUT2D eigenvalue weighted by Gasteiger charge is 2.13. The molecule has 2 rings (SSSR count). The van der Waals surface area contributed by atoms with Crippen LogP contribution in [0.4, 0.5) is 10.1 Å². The number of nitrogens with one attached hydrogen (secondary N) is 1. The van der Waals surface area contributed by atoms with Crippen LogP contribution in [0, 0.1) is 5.82 Å². The van der Waals surface area contributed by atoms with Crippen molar-refractivity contribution >= 4 is 5.69 Å². The van der Waals surface area contributed by atoms with Crippen LogP contribution in [0.3, 0.4) is 0 Å². The number of halogens is 1. The van der Waals surface area contributed by atoms with Crippen LogP contribution in [0.1, 0.15) is 0 Å². The number of nitrogens with zero attached hydrogens (tertiary/aromatic N) is 2. The molecule has 1 N–H and O–H groups in total. The molecule has 0 atom stereocenters. The topological polar surface area (TPSA) is 27.7 Å². The summed E-state index contributed by atoms with van der Waals surface area (Å²) < 4.78 is 18.6. The van der Waals surface area contributed by atoms with E-state index in [2.05, 4.69) is 10.2 Å². The van der Waals surface area contributed by atoms with E-state index in [-0.39, 0.29) is 5.82 Å². The lowest BCUT2D eigenvalue weighted by Crippen LogP contribution is -2.46. The summed E-state index contributed by atoms with van der Waals surface area (Å²) in [5.41, 5.74) is 0.803. The zero-order valence-corrected chi connectivity index (χ0v) is 11.7. The fourth-order valence-corrected chi connectivity index (χ4v) is 2.31. The van der Waals surface area contributed by atoms with E-state index in [1.54, 1.807) is 13.2 Å². The van der Waals surface area contributed by atoms with E-state index >= 15 is 0 Å². The fourth-order valence-electron chi connectivity index (χ4n) is 2.31. The molecule has 0 saturated carbocycles. The first-order valence-corrected chi connectivity index (χ1v) is 6.68.